The van der Waals surface area contributed by atoms with Crippen LogP contribution >= 0.6 is 0 Å². The summed E-state index contributed by atoms with van der Waals surface area (Å²) in [6.45, 7) is 5.84. The number of benzene rings is 1. The maximum absolute atomic E-state index is 12.1. The normalized spacial score (nSPS) is 18.8. The lowest BCUT2D eigenvalue weighted by Gasteiger charge is -2.26. The Hall–Kier alpha value is -2.10. The Labute approximate surface area is 118 Å². The lowest BCUT2D eigenvalue weighted by molar-refractivity contribution is -0.139. The maximum Gasteiger partial charge on any atom is 0.336 e. The van der Waals surface area contributed by atoms with Crippen molar-refractivity contribution in [3.63, 3.8) is 0 Å². The van der Waals surface area contributed by atoms with Gasteiger partial charge in [-0.15, -0.1) is 0 Å². The first-order chi connectivity index (χ1) is 9.52. The molecular weight excluding hydrogens is 254 g/mol. The van der Waals surface area contributed by atoms with Crippen molar-refractivity contribution in [3.8, 4) is 0 Å². The Morgan fingerprint density at radius 1 is 1.30 bits per heavy atom. The fraction of sp³-hybridized carbons (Fsp3) is 0.375. The molecule has 0 spiro atoms. The van der Waals surface area contributed by atoms with E-state index >= 15 is 0 Å². The molecule has 1 atom stereocenters. The highest BCUT2D eigenvalue weighted by atomic mass is 16.5. The Morgan fingerprint density at radius 2 is 1.95 bits per heavy atom. The predicted molar refractivity (Wildman–Crippen MR) is 76.0 cm³/mol. The number of hydrogen-bond donors (Lipinski definition) is 1. The van der Waals surface area contributed by atoms with Crippen LogP contribution in [-0.2, 0) is 14.3 Å². The number of hydrogen-bond acceptors (Lipinski definition) is 3. The average Bonchev–Trinajstić information content (AvgIpc) is 2.38. The first-order valence-electron chi connectivity index (χ1n) is 6.77. The Kier molecular flexibility index (Phi) is 4.23. The lowest BCUT2D eigenvalue weighted by atomic mass is 9.84. The summed E-state index contributed by atoms with van der Waals surface area (Å²) in [7, 11) is 0. The van der Waals surface area contributed by atoms with Gasteiger partial charge < -0.3 is 10.1 Å². The van der Waals surface area contributed by atoms with E-state index in [2.05, 4.69) is 5.32 Å². The SMILES string of the molecule is CCOC(=O)C1=C(C)NC(=O)CC1c1ccc(C)cc1. The number of rotatable bonds is 3. The quantitative estimate of drug-likeness (QED) is 0.861. The molecule has 1 aliphatic rings. The first kappa shape index (κ1) is 14.3. The number of ether oxygens (including phenoxy) is 1. The molecule has 1 unspecified atom stereocenters. The highest BCUT2D eigenvalue weighted by molar-refractivity contribution is 5.95. The van der Waals surface area contributed by atoms with Gasteiger partial charge in [0.25, 0.3) is 0 Å². The first-order valence-corrected chi connectivity index (χ1v) is 6.77. The zero-order valence-corrected chi connectivity index (χ0v) is 12.0. The fourth-order valence-corrected chi connectivity index (χ4v) is 2.46. The van der Waals surface area contributed by atoms with E-state index in [1.807, 2.05) is 31.2 Å². The van der Waals surface area contributed by atoms with E-state index in [1.165, 1.54) is 0 Å². The number of allylic oxidation sites excluding steroid dienone is 1. The second-order valence-electron chi connectivity index (χ2n) is 4.97. The zero-order valence-electron chi connectivity index (χ0n) is 12.0. The third-order valence-corrected chi connectivity index (χ3v) is 3.44. The van der Waals surface area contributed by atoms with Gasteiger partial charge in [-0.2, -0.15) is 0 Å². The van der Waals surface area contributed by atoms with Crippen LogP contribution in [0.25, 0.3) is 0 Å². The van der Waals surface area contributed by atoms with E-state index in [0.717, 1.165) is 11.1 Å². The molecule has 0 radical (unpaired) electrons. The molecule has 1 heterocycles. The van der Waals surface area contributed by atoms with Gasteiger partial charge >= 0.3 is 5.97 Å². The molecule has 1 amide bonds. The summed E-state index contributed by atoms with van der Waals surface area (Å²) in [4.78, 5) is 23.9. The van der Waals surface area contributed by atoms with Crippen LogP contribution in [0.1, 0.15) is 37.3 Å². The summed E-state index contributed by atoms with van der Waals surface area (Å²) in [5.74, 6) is -0.653. The lowest BCUT2D eigenvalue weighted by Crippen LogP contribution is -2.34. The average molecular weight is 273 g/mol. The predicted octanol–water partition coefficient (Wildman–Crippen LogP) is 2.44. The van der Waals surface area contributed by atoms with Gasteiger partial charge in [-0.25, -0.2) is 4.79 Å². The second kappa shape index (κ2) is 5.90. The van der Waals surface area contributed by atoms with Gasteiger partial charge in [0.15, 0.2) is 0 Å². The van der Waals surface area contributed by atoms with E-state index in [-0.39, 0.29) is 24.2 Å². The largest absolute Gasteiger partial charge is 0.463 e. The Morgan fingerprint density at radius 3 is 2.55 bits per heavy atom. The molecular formula is C16H19NO3. The molecule has 106 valence electrons. The third kappa shape index (κ3) is 2.90. The molecule has 2 rings (SSSR count). The summed E-state index contributed by atoms with van der Waals surface area (Å²) in [6, 6.07) is 7.90. The van der Waals surface area contributed by atoms with Gasteiger partial charge in [0.05, 0.1) is 12.2 Å². The van der Waals surface area contributed by atoms with Crippen LogP contribution in [-0.4, -0.2) is 18.5 Å². The number of carbonyl (C=O) groups is 2. The van der Waals surface area contributed by atoms with E-state index in [4.69, 9.17) is 4.74 Å². The van der Waals surface area contributed by atoms with Crippen LogP contribution in [0.4, 0.5) is 0 Å². The van der Waals surface area contributed by atoms with Crippen molar-refractivity contribution in [2.75, 3.05) is 6.61 Å². The van der Waals surface area contributed by atoms with Crippen LogP contribution in [0.15, 0.2) is 35.5 Å². The molecule has 4 heteroatoms. The van der Waals surface area contributed by atoms with Crippen LogP contribution in [0.5, 0.6) is 0 Å². The number of aryl methyl sites for hydroxylation is 1. The van der Waals surface area contributed by atoms with Crippen molar-refractivity contribution < 1.29 is 14.3 Å². The van der Waals surface area contributed by atoms with Gasteiger partial charge in [-0.1, -0.05) is 29.8 Å². The van der Waals surface area contributed by atoms with Crippen molar-refractivity contribution >= 4 is 11.9 Å². The monoisotopic (exact) mass is 273 g/mol. The van der Waals surface area contributed by atoms with Crippen LogP contribution in [0, 0.1) is 6.92 Å². The minimum atomic E-state index is -0.351. The molecule has 0 saturated carbocycles. The van der Waals surface area contributed by atoms with E-state index < -0.39 is 0 Å². The fourth-order valence-electron chi connectivity index (χ4n) is 2.46. The number of nitrogens with one attached hydrogen (secondary N) is 1. The van der Waals surface area contributed by atoms with Crippen LogP contribution in [0.2, 0.25) is 0 Å². The molecule has 1 N–H and O–H groups in total. The van der Waals surface area contributed by atoms with Crippen molar-refractivity contribution in [1.29, 1.82) is 0 Å². The minimum Gasteiger partial charge on any atom is -0.463 e. The van der Waals surface area contributed by atoms with Gasteiger partial charge in [-0.05, 0) is 26.3 Å². The van der Waals surface area contributed by atoms with Gasteiger partial charge in [0, 0.05) is 18.0 Å². The number of amides is 1. The molecule has 20 heavy (non-hydrogen) atoms. The van der Waals surface area contributed by atoms with Gasteiger partial charge in [0.2, 0.25) is 5.91 Å². The zero-order chi connectivity index (χ0) is 14.7. The maximum atomic E-state index is 12.1. The minimum absolute atomic E-state index is 0.0684. The number of esters is 1. The van der Waals surface area contributed by atoms with Crippen molar-refractivity contribution in [2.24, 2.45) is 0 Å². The second-order valence-corrected chi connectivity index (χ2v) is 4.97. The van der Waals surface area contributed by atoms with Crippen molar-refractivity contribution in [1.82, 2.24) is 5.32 Å². The molecule has 1 aliphatic heterocycles. The molecule has 0 saturated heterocycles. The standard InChI is InChI=1S/C16H19NO3/c1-4-20-16(19)15-11(3)17-14(18)9-13(15)12-7-5-10(2)6-8-12/h5-8,13H,4,9H2,1-3H3,(H,17,18). The Balaban J connectivity index is 2.41. The summed E-state index contributed by atoms with van der Waals surface area (Å²) in [6.07, 6.45) is 0.272. The Bertz CT molecular complexity index is 558. The highest BCUT2D eigenvalue weighted by Gasteiger charge is 2.32. The topological polar surface area (TPSA) is 55.4 Å². The highest BCUT2D eigenvalue weighted by Crippen LogP contribution is 2.33. The molecule has 4 nitrogen and oxygen atoms in total. The van der Waals surface area contributed by atoms with E-state index in [9.17, 15) is 9.59 Å². The van der Waals surface area contributed by atoms with Gasteiger partial charge in [0.1, 0.15) is 0 Å². The van der Waals surface area contributed by atoms with Crippen LogP contribution < -0.4 is 5.32 Å². The van der Waals surface area contributed by atoms with E-state index in [0.29, 0.717) is 17.9 Å². The van der Waals surface area contributed by atoms with E-state index in [1.54, 1.807) is 13.8 Å². The molecule has 1 aromatic rings. The summed E-state index contributed by atoms with van der Waals surface area (Å²) < 4.78 is 5.11. The molecule has 1 aromatic carbocycles. The summed E-state index contributed by atoms with van der Waals surface area (Å²) in [5.41, 5.74) is 3.25. The van der Waals surface area contributed by atoms with Crippen molar-refractivity contribution in [2.45, 2.75) is 33.1 Å². The molecule has 0 aliphatic carbocycles. The third-order valence-electron chi connectivity index (χ3n) is 3.44. The van der Waals surface area contributed by atoms with Gasteiger partial charge in [-0.3, -0.25) is 4.79 Å². The smallest absolute Gasteiger partial charge is 0.336 e. The van der Waals surface area contributed by atoms with Crippen molar-refractivity contribution in [3.05, 3.63) is 46.7 Å². The number of carbonyl (C=O) groups excluding carboxylic acids is 2. The molecule has 0 aromatic heterocycles. The molecule has 0 bridgehead atoms. The summed E-state index contributed by atoms with van der Waals surface area (Å²) >= 11 is 0. The van der Waals surface area contributed by atoms with Crippen LogP contribution in [0.3, 0.4) is 0 Å². The summed E-state index contributed by atoms with van der Waals surface area (Å²) in [5, 5.41) is 2.72. The molecule has 0 fully saturated rings.